The van der Waals surface area contributed by atoms with Crippen LogP contribution in [-0.4, -0.2) is 76.6 Å². The maximum absolute atomic E-state index is 5.57. The van der Waals surface area contributed by atoms with E-state index in [1.165, 1.54) is 0 Å². The number of nitrogens with one attached hydrogen (secondary N) is 2. The minimum atomic E-state index is 0.696. The lowest BCUT2D eigenvalue weighted by Gasteiger charge is -2.39. The molecule has 1 aliphatic heterocycles. The molecule has 5 heteroatoms. The van der Waals surface area contributed by atoms with E-state index in [4.69, 9.17) is 9.47 Å². The van der Waals surface area contributed by atoms with Gasteiger partial charge in [-0.25, -0.2) is 0 Å². The fourth-order valence-electron chi connectivity index (χ4n) is 2.22. The smallest absolute Gasteiger partial charge is 0.0701 e. The summed E-state index contributed by atoms with van der Waals surface area (Å²) in [6.07, 6.45) is 0. The molecule has 0 atom stereocenters. The number of ether oxygens (including phenoxy) is 2. The van der Waals surface area contributed by atoms with E-state index in [1.807, 2.05) is 0 Å². The van der Waals surface area contributed by atoms with Crippen molar-refractivity contribution in [3.63, 3.8) is 0 Å². The fourth-order valence-corrected chi connectivity index (χ4v) is 2.22. The standard InChI is InChI=1S/C15H33N3O2/c1-4-17-15-12-18(13-15)6-8-20-10-9-19-7-5-16-11-14(2)3/h14-17H,4-13H2,1-3H3. The van der Waals surface area contributed by atoms with Crippen LogP contribution in [-0.2, 0) is 9.47 Å². The van der Waals surface area contributed by atoms with Crippen molar-refractivity contribution in [3.05, 3.63) is 0 Å². The molecule has 120 valence electrons. The highest BCUT2D eigenvalue weighted by Crippen LogP contribution is 2.06. The van der Waals surface area contributed by atoms with E-state index in [0.717, 1.165) is 52.5 Å². The van der Waals surface area contributed by atoms with Gasteiger partial charge in [0, 0.05) is 32.2 Å². The van der Waals surface area contributed by atoms with Gasteiger partial charge in [-0.1, -0.05) is 20.8 Å². The van der Waals surface area contributed by atoms with Crippen molar-refractivity contribution in [2.24, 2.45) is 5.92 Å². The van der Waals surface area contributed by atoms with Gasteiger partial charge >= 0.3 is 0 Å². The Bertz CT molecular complexity index is 221. The number of hydrogen-bond acceptors (Lipinski definition) is 5. The first-order chi connectivity index (χ1) is 9.72. The first-order valence-corrected chi connectivity index (χ1v) is 8.04. The lowest BCUT2D eigenvalue weighted by atomic mass is 10.1. The van der Waals surface area contributed by atoms with Crippen LogP contribution in [0, 0.1) is 5.92 Å². The lowest BCUT2D eigenvalue weighted by molar-refractivity contribution is 0.0258. The van der Waals surface area contributed by atoms with Crippen LogP contribution in [0.15, 0.2) is 0 Å². The van der Waals surface area contributed by atoms with Crippen molar-refractivity contribution in [1.82, 2.24) is 15.5 Å². The molecule has 1 heterocycles. The molecule has 0 unspecified atom stereocenters. The molecular formula is C15H33N3O2. The monoisotopic (exact) mass is 287 g/mol. The second-order valence-corrected chi connectivity index (χ2v) is 5.84. The van der Waals surface area contributed by atoms with E-state index in [-0.39, 0.29) is 0 Å². The van der Waals surface area contributed by atoms with E-state index in [2.05, 4.69) is 36.3 Å². The van der Waals surface area contributed by atoms with E-state index in [0.29, 0.717) is 25.2 Å². The molecule has 1 fully saturated rings. The summed E-state index contributed by atoms with van der Waals surface area (Å²) in [6, 6.07) is 0.696. The normalized spacial score (nSPS) is 16.8. The first kappa shape index (κ1) is 17.9. The first-order valence-electron chi connectivity index (χ1n) is 8.04. The molecule has 2 N–H and O–H groups in total. The van der Waals surface area contributed by atoms with Crippen LogP contribution in [0.5, 0.6) is 0 Å². The Morgan fingerprint density at radius 3 is 2.45 bits per heavy atom. The zero-order valence-electron chi connectivity index (χ0n) is 13.5. The van der Waals surface area contributed by atoms with Gasteiger partial charge in [0.15, 0.2) is 0 Å². The van der Waals surface area contributed by atoms with Gasteiger partial charge in [0.05, 0.1) is 26.4 Å². The second kappa shape index (κ2) is 11.5. The third-order valence-electron chi connectivity index (χ3n) is 3.35. The molecule has 1 saturated heterocycles. The van der Waals surface area contributed by atoms with Crippen LogP contribution in [0.4, 0.5) is 0 Å². The summed E-state index contributed by atoms with van der Waals surface area (Å²) in [4.78, 5) is 2.42. The molecule has 0 aliphatic carbocycles. The summed E-state index contributed by atoms with van der Waals surface area (Å²) in [6.45, 7) is 16.0. The number of rotatable bonds is 13. The largest absolute Gasteiger partial charge is 0.378 e. The maximum atomic E-state index is 5.57. The number of likely N-dealkylation sites (N-methyl/N-ethyl adjacent to an activating group) is 1. The van der Waals surface area contributed by atoms with Gasteiger partial charge in [0.25, 0.3) is 0 Å². The summed E-state index contributed by atoms with van der Waals surface area (Å²) in [5.41, 5.74) is 0. The highest BCUT2D eigenvalue weighted by atomic mass is 16.5. The summed E-state index contributed by atoms with van der Waals surface area (Å²) in [5, 5.41) is 6.80. The number of hydrogen-bond donors (Lipinski definition) is 2. The Labute approximate surface area is 124 Å². The van der Waals surface area contributed by atoms with E-state index >= 15 is 0 Å². The molecular weight excluding hydrogens is 254 g/mol. The van der Waals surface area contributed by atoms with Crippen molar-refractivity contribution in [2.45, 2.75) is 26.8 Å². The van der Waals surface area contributed by atoms with Gasteiger partial charge in [-0.2, -0.15) is 0 Å². The Kier molecular flexibility index (Phi) is 10.2. The van der Waals surface area contributed by atoms with Gasteiger partial charge in [-0.05, 0) is 19.0 Å². The van der Waals surface area contributed by atoms with Gasteiger partial charge < -0.3 is 20.1 Å². The Balaban J connectivity index is 1.71. The van der Waals surface area contributed by atoms with E-state index in [1.54, 1.807) is 0 Å². The van der Waals surface area contributed by atoms with Crippen LogP contribution in [0.1, 0.15) is 20.8 Å². The van der Waals surface area contributed by atoms with Crippen LogP contribution in [0.3, 0.4) is 0 Å². The van der Waals surface area contributed by atoms with Crippen molar-refractivity contribution >= 4 is 0 Å². The Hall–Kier alpha value is -0.200. The van der Waals surface area contributed by atoms with Crippen LogP contribution < -0.4 is 10.6 Å². The minimum Gasteiger partial charge on any atom is -0.378 e. The molecule has 0 spiro atoms. The molecule has 0 radical (unpaired) electrons. The molecule has 0 aromatic rings. The zero-order valence-corrected chi connectivity index (χ0v) is 13.5. The van der Waals surface area contributed by atoms with Crippen LogP contribution in [0.25, 0.3) is 0 Å². The average molecular weight is 287 g/mol. The van der Waals surface area contributed by atoms with E-state index < -0.39 is 0 Å². The molecule has 0 saturated carbocycles. The molecule has 0 aromatic carbocycles. The van der Waals surface area contributed by atoms with Gasteiger partial charge in [0.2, 0.25) is 0 Å². The van der Waals surface area contributed by atoms with Gasteiger partial charge in [0.1, 0.15) is 0 Å². The molecule has 5 nitrogen and oxygen atoms in total. The van der Waals surface area contributed by atoms with Crippen molar-refractivity contribution in [3.8, 4) is 0 Å². The predicted molar refractivity (Wildman–Crippen MR) is 83.3 cm³/mol. The topological polar surface area (TPSA) is 45.8 Å². The van der Waals surface area contributed by atoms with Crippen molar-refractivity contribution in [2.75, 3.05) is 65.7 Å². The van der Waals surface area contributed by atoms with Crippen molar-refractivity contribution in [1.29, 1.82) is 0 Å². The molecule has 1 aliphatic rings. The second-order valence-electron chi connectivity index (χ2n) is 5.84. The third-order valence-corrected chi connectivity index (χ3v) is 3.35. The highest BCUT2D eigenvalue weighted by Gasteiger charge is 2.24. The number of nitrogens with zero attached hydrogens (tertiary/aromatic N) is 1. The summed E-state index contributed by atoms with van der Waals surface area (Å²) < 4.78 is 11.1. The summed E-state index contributed by atoms with van der Waals surface area (Å²) >= 11 is 0. The summed E-state index contributed by atoms with van der Waals surface area (Å²) in [7, 11) is 0. The molecule has 0 amide bonds. The molecule has 0 aromatic heterocycles. The minimum absolute atomic E-state index is 0.696. The maximum Gasteiger partial charge on any atom is 0.0701 e. The Morgan fingerprint density at radius 1 is 1.10 bits per heavy atom. The SMILES string of the molecule is CCNC1CN(CCOCCOCCNCC(C)C)C1. The third kappa shape index (κ3) is 8.87. The lowest BCUT2D eigenvalue weighted by Crippen LogP contribution is -2.58. The van der Waals surface area contributed by atoms with Crippen molar-refractivity contribution < 1.29 is 9.47 Å². The number of likely N-dealkylation sites (tertiary alicyclic amines) is 1. The molecule has 1 rings (SSSR count). The van der Waals surface area contributed by atoms with Gasteiger partial charge in [-0.15, -0.1) is 0 Å². The van der Waals surface area contributed by atoms with Crippen LogP contribution >= 0.6 is 0 Å². The van der Waals surface area contributed by atoms with Gasteiger partial charge in [-0.3, -0.25) is 4.90 Å². The zero-order chi connectivity index (χ0) is 14.6. The summed E-state index contributed by atoms with van der Waals surface area (Å²) in [5.74, 6) is 0.701. The average Bonchev–Trinajstić information content (AvgIpc) is 2.37. The molecule has 20 heavy (non-hydrogen) atoms. The molecule has 0 bridgehead atoms. The predicted octanol–water partition coefficient (Wildman–Crippen LogP) is 0.559. The van der Waals surface area contributed by atoms with E-state index in [9.17, 15) is 0 Å². The quantitative estimate of drug-likeness (QED) is 0.485. The fraction of sp³-hybridized carbons (Fsp3) is 1.00. The highest BCUT2D eigenvalue weighted by molar-refractivity contribution is 4.84. The Morgan fingerprint density at radius 2 is 1.80 bits per heavy atom. The van der Waals surface area contributed by atoms with Crippen LogP contribution in [0.2, 0.25) is 0 Å².